The van der Waals surface area contributed by atoms with Crippen molar-refractivity contribution in [1.29, 1.82) is 5.41 Å². The highest BCUT2D eigenvalue weighted by atomic mass is 35.5. The van der Waals surface area contributed by atoms with Gasteiger partial charge in [0.05, 0.1) is 13.0 Å². The molecule has 0 saturated heterocycles. The molecule has 1 aliphatic heterocycles. The van der Waals surface area contributed by atoms with Crippen LogP contribution in [0.3, 0.4) is 0 Å². The number of amidine groups is 1. The highest BCUT2D eigenvalue weighted by Crippen LogP contribution is 2.49. The number of aliphatic hydroxyl groups is 1. The molecule has 6 heteroatoms. The van der Waals surface area contributed by atoms with Crippen molar-refractivity contribution in [2.45, 2.75) is 32.1 Å². The van der Waals surface area contributed by atoms with Gasteiger partial charge in [-0.05, 0) is 50.1 Å². The van der Waals surface area contributed by atoms with Crippen LogP contribution >= 0.6 is 11.6 Å². The van der Waals surface area contributed by atoms with Gasteiger partial charge in [0, 0.05) is 45.1 Å². The number of carbonyl (C=O) groups is 1. The molecular formula is C30H27ClN2O3. The second-order valence-corrected chi connectivity index (χ2v) is 9.54. The third-order valence-corrected chi connectivity index (χ3v) is 7.12. The Hall–Kier alpha value is -3.83. The van der Waals surface area contributed by atoms with Crippen molar-refractivity contribution in [3.8, 4) is 5.75 Å². The normalized spacial score (nSPS) is 19.3. The summed E-state index contributed by atoms with van der Waals surface area (Å²) < 4.78 is 5.69. The van der Waals surface area contributed by atoms with E-state index in [0.717, 1.165) is 22.5 Å². The Morgan fingerprint density at radius 3 is 2.42 bits per heavy atom. The largest absolute Gasteiger partial charge is 0.507 e. The van der Waals surface area contributed by atoms with Gasteiger partial charge in [-0.15, -0.1) is 0 Å². The Kier molecular flexibility index (Phi) is 6.42. The van der Waals surface area contributed by atoms with E-state index in [-0.39, 0.29) is 17.4 Å². The van der Waals surface area contributed by atoms with Gasteiger partial charge in [0.2, 0.25) is 0 Å². The molecule has 0 amide bonds. The molecule has 3 aromatic carbocycles. The van der Waals surface area contributed by atoms with Crippen LogP contribution in [0, 0.1) is 12.3 Å². The first-order valence-corrected chi connectivity index (χ1v) is 12.3. The lowest BCUT2D eigenvalue weighted by Crippen LogP contribution is -2.42. The maximum absolute atomic E-state index is 13.6. The number of nitrogens with one attached hydrogen (secondary N) is 1. The summed E-state index contributed by atoms with van der Waals surface area (Å²) in [6, 6.07) is 22.2. The summed E-state index contributed by atoms with van der Waals surface area (Å²) in [6.07, 6.45) is 1.78. The van der Waals surface area contributed by atoms with Gasteiger partial charge in [-0.1, -0.05) is 59.6 Å². The Balaban J connectivity index is 1.84. The molecular weight excluding hydrogens is 472 g/mol. The number of ketones is 1. The van der Waals surface area contributed by atoms with Crippen molar-refractivity contribution in [3.05, 3.63) is 111 Å². The molecule has 0 fully saturated rings. The average Bonchev–Trinajstić information content (AvgIpc) is 2.89. The third kappa shape index (κ3) is 4.10. The van der Waals surface area contributed by atoms with Crippen LogP contribution in [0.4, 0.5) is 5.69 Å². The van der Waals surface area contributed by atoms with Crippen LogP contribution in [0.25, 0.3) is 5.76 Å². The molecule has 5 nitrogen and oxygen atoms in total. The van der Waals surface area contributed by atoms with Gasteiger partial charge in [-0.25, -0.2) is 0 Å². The number of nitrogens with zero attached hydrogens (tertiary/aromatic N) is 1. The summed E-state index contributed by atoms with van der Waals surface area (Å²) >= 11 is 6.15. The molecule has 0 bridgehead atoms. The maximum atomic E-state index is 13.6. The van der Waals surface area contributed by atoms with Gasteiger partial charge in [0.15, 0.2) is 5.78 Å². The monoisotopic (exact) mass is 498 g/mol. The van der Waals surface area contributed by atoms with Crippen molar-refractivity contribution >= 4 is 34.7 Å². The Labute approximate surface area is 215 Å². The first-order chi connectivity index (χ1) is 17.4. The number of methoxy groups -OCH3 is 1. The number of halogens is 1. The lowest BCUT2D eigenvalue weighted by molar-refractivity contribution is -0.116. The third-order valence-electron chi connectivity index (χ3n) is 6.87. The van der Waals surface area contributed by atoms with Crippen molar-refractivity contribution in [1.82, 2.24) is 0 Å². The van der Waals surface area contributed by atoms with E-state index >= 15 is 0 Å². The SMILES string of the molecule is COc1ccccc1C1C(=C(O)c2ccc(C)cc2)C(=N)N(c2ccc(Cl)cc2)C2=C1C(=O)CCC2. The van der Waals surface area contributed by atoms with Crippen molar-refractivity contribution < 1.29 is 14.6 Å². The number of aliphatic hydroxyl groups excluding tert-OH is 1. The van der Waals surface area contributed by atoms with Crippen LogP contribution in [0.1, 0.15) is 41.9 Å². The number of benzene rings is 3. The Bertz CT molecular complexity index is 1400. The van der Waals surface area contributed by atoms with E-state index in [0.29, 0.717) is 46.7 Å². The van der Waals surface area contributed by atoms with E-state index in [9.17, 15) is 15.3 Å². The Morgan fingerprint density at radius 1 is 1.03 bits per heavy atom. The zero-order valence-electron chi connectivity index (χ0n) is 20.2. The Morgan fingerprint density at radius 2 is 1.72 bits per heavy atom. The lowest BCUT2D eigenvalue weighted by Gasteiger charge is -2.42. The minimum atomic E-state index is -0.638. The molecule has 1 aliphatic carbocycles. The average molecular weight is 499 g/mol. The van der Waals surface area contributed by atoms with Crippen LogP contribution in [-0.4, -0.2) is 23.8 Å². The number of carbonyl (C=O) groups excluding carboxylic acids is 1. The van der Waals surface area contributed by atoms with Crippen LogP contribution in [-0.2, 0) is 4.79 Å². The highest BCUT2D eigenvalue weighted by Gasteiger charge is 2.44. The maximum Gasteiger partial charge on any atom is 0.161 e. The molecule has 0 aromatic heterocycles. The molecule has 1 heterocycles. The summed E-state index contributed by atoms with van der Waals surface area (Å²) in [5.74, 6) is 0.0864. The predicted octanol–water partition coefficient (Wildman–Crippen LogP) is 7.21. The minimum absolute atomic E-state index is 0.0211. The summed E-state index contributed by atoms with van der Waals surface area (Å²) in [6.45, 7) is 1.98. The molecule has 3 aromatic rings. The number of hydrogen-bond acceptors (Lipinski definition) is 4. The van der Waals surface area contributed by atoms with Crippen LogP contribution in [0.2, 0.25) is 5.02 Å². The zero-order valence-corrected chi connectivity index (χ0v) is 21.0. The van der Waals surface area contributed by atoms with Crippen molar-refractivity contribution in [2.24, 2.45) is 0 Å². The number of para-hydroxylation sites is 1. The number of anilines is 1. The second-order valence-electron chi connectivity index (χ2n) is 9.10. The van der Waals surface area contributed by atoms with Gasteiger partial charge in [0.25, 0.3) is 0 Å². The number of rotatable bonds is 4. The van der Waals surface area contributed by atoms with E-state index in [2.05, 4.69) is 0 Å². The zero-order chi connectivity index (χ0) is 25.4. The highest BCUT2D eigenvalue weighted by molar-refractivity contribution is 6.30. The van der Waals surface area contributed by atoms with Gasteiger partial charge in [-0.2, -0.15) is 0 Å². The fraction of sp³-hybridized carbons (Fsp3) is 0.200. The van der Waals surface area contributed by atoms with Gasteiger partial charge >= 0.3 is 0 Å². The molecule has 1 unspecified atom stereocenters. The smallest absolute Gasteiger partial charge is 0.161 e. The molecule has 0 radical (unpaired) electrons. The number of aryl methyl sites for hydroxylation is 1. The van der Waals surface area contributed by atoms with E-state index in [1.54, 1.807) is 24.1 Å². The van der Waals surface area contributed by atoms with Crippen LogP contribution < -0.4 is 9.64 Å². The molecule has 2 N–H and O–H groups in total. The quantitative estimate of drug-likeness (QED) is 0.372. The number of allylic oxidation sites excluding steroid dienone is 2. The fourth-order valence-electron chi connectivity index (χ4n) is 5.15. The van der Waals surface area contributed by atoms with Gasteiger partial charge in [-0.3, -0.25) is 15.1 Å². The molecule has 1 atom stereocenters. The van der Waals surface area contributed by atoms with E-state index in [1.165, 1.54) is 0 Å². The van der Waals surface area contributed by atoms with Crippen molar-refractivity contribution in [2.75, 3.05) is 12.0 Å². The predicted molar refractivity (Wildman–Crippen MR) is 144 cm³/mol. The first kappa shape index (κ1) is 23.9. The van der Waals surface area contributed by atoms with Crippen molar-refractivity contribution in [3.63, 3.8) is 0 Å². The summed E-state index contributed by atoms with van der Waals surface area (Å²) in [4.78, 5) is 15.4. The summed E-state index contributed by atoms with van der Waals surface area (Å²) in [7, 11) is 1.59. The second kappa shape index (κ2) is 9.67. The van der Waals surface area contributed by atoms with Crippen LogP contribution in [0.15, 0.2) is 89.6 Å². The number of ether oxygens (including phenoxy) is 1. The van der Waals surface area contributed by atoms with E-state index in [4.69, 9.17) is 16.3 Å². The number of Topliss-reactive ketones (excluding diaryl/α,β-unsaturated/α-hetero) is 1. The van der Waals surface area contributed by atoms with E-state index in [1.807, 2.05) is 67.6 Å². The molecule has 2 aliphatic rings. The minimum Gasteiger partial charge on any atom is -0.507 e. The standard InChI is InChI=1S/C30H27ClN2O3/c1-18-10-12-19(13-11-18)29(35)28-26(22-6-3-4-9-25(22)36-2)27-23(7-5-8-24(27)34)33(30(28)32)21-16-14-20(31)15-17-21/h3-4,6,9-17,26,32,35H,5,7-8H2,1-2H3. The first-order valence-electron chi connectivity index (χ1n) is 11.9. The molecule has 182 valence electrons. The van der Waals surface area contributed by atoms with Gasteiger partial charge < -0.3 is 9.84 Å². The number of hydrogen-bond donors (Lipinski definition) is 2. The van der Waals surface area contributed by atoms with E-state index < -0.39 is 5.92 Å². The van der Waals surface area contributed by atoms with Crippen LogP contribution in [0.5, 0.6) is 5.75 Å². The summed E-state index contributed by atoms with van der Waals surface area (Å²) in [5.41, 5.74) is 4.87. The lowest BCUT2D eigenvalue weighted by atomic mass is 9.73. The topological polar surface area (TPSA) is 73.6 Å². The summed E-state index contributed by atoms with van der Waals surface area (Å²) in [5, 5.41) is 21.7. The molecule has 0 saturated carbocycles. The molecule has 36 heavy (non-hydrogen) atoms. The van der Waals surface area contributed by atoms with Gasteiger partial charge in [0.1, 0.15) is 17.3 Å². The molecule has 5 rings (SSSR count). The fourth-order valence-corrected chi connectivity index (χ4v) is 5.28. The molecule has 0 spiro atoms.